The smallest absolute Gasteiger partial charge is 0.146 e. The first-order chi connectivity index (χ1) is 9.06. The predicted molar refractivity (Wildman–Crippen MR) is 75.7 cm³/mol. The maximum Gasteiger partial charge on any atom is 0.146 e. The van der Waals surface area contributed by atoms with Crippen molar-refractivity contribution in [1.29, 1.82) is 0 Å². The molecule has 0 aromatic heterocycles. The topological polar surface area (TPSA) is 32.3 Å². The maximum absolute atomic E-state index is 13.8. The molecule has 1 aliphatic rings. The number of aliphatic hydroxyl groups is 1. The Hall–Kier alpha value is -0.640. The van der Waals surface area contributed by atoms with Crippen LogP contribution in [-0.4, -0.2) is 17.3 Å². The minimum atomic E-state index is -0.367. The number of rotatable bonds is 4. The zero-order valence-corrected chi connectivity index (χ0v) is 12.0. The molecule has 0 heterocycles. The second-order valence-corrected chi connectivity index (χ2v) is 6.11. The van der Waals surface area contributed by atoms with Gasteiger partial charge in [0.25, 0.3) is 0 Å². The van der Waals surface area contributed by atoms with Crippen LogP contribution in [-0.2, 0) is 6.54 Å². The van der Waals surface area contributed by atoms with Gasteiger partial charge in [-0.2, -0.15) is 0 Å². The Labute approximate surface area is 119 Å². The van der Waals surface area contributed by atoms with E-state index < -0.39 is 0 Å². The predicted octanol–water partition coefficient (Wildman–Crippen LogP) is 3.51. The average molecular weight is 286 g/mol. The van der Waals surface area contributed by atoms with E-state index >= 15 is 0 Å². The lowest BCUT2D eigenvalue weighted by Crippen LogP contribution is -2.51. The molecule has 1 aliphatic carbocycles. The van der Waals surface area contributed by atoms with Crippen LogP contribution in [0.4, 0.5) is 4.39 Å². The Morgan fingerprint density at radius 2 is 2.32 bits per heavy atom. The van der Waals surface area contributed by atoms with Crippen molar-refractivity contribution in [2.75, 3.05) is 6.61 Å². The molecule has 0 radical (unpaired) electrons. The van der Waals surface area contributed by atoms with Crippen LogP contribution in [0.3, 0.4) is 0 Å². The van der Waals surface area contributed by atoms with Crippen molar-refractivity contribution in [2.45, 2.75) is 44.7 Å². The molecule has 1 aromatic carbocycles. The summed E-state index contributed by atoms with van der Waals surface area (Å²) in [6.45, 7) is 2.70. The minimum absolute atomic E-state index is 0.0968. The van der Waals surface area contributed by atoms with Gasteiger partial charge >= 0.3 is 0 Å². The van der Waals surface area contributed by atoms with Gasteiger partial charge in [-0.25, -0.2) is 4.39 Å². The molecule has 2 unspecified atom stereocenters. The molecule has 2 N–H and O–H groups in total. The molecule has 19 heavy (non-hydrogen) atoms. The van der Waals surface area contributed by atoms with Crippen molar-refractivity contribution in [2.24, 2.45) is 5.92 Å². The van der Waals surface area contributed by atoms with Crippen LogP contribution in [0.5, 0.6) is 0 Å². The summed E-state index contributed by atoms with van der Waals surface area (Å²) in [5, 5.41) is 13.2. The van der Waals surface area contributed by atoms with Crippen LogP contribution in [0.15, 0.2) is 18.2 Å². The summed E-state index contributed by atoms with van der Waals surface area (Å²) in [4.78, 5) is 0. The number of halogens is 2. The summed E-state index contributed by atoms with van der Waals surface area (Å²) in [5.41, 5.74) is 0.283. The molecule has 1 aromatic rings. The second-order valence-electron chi connectivity index (χ2n) is 5.71. The molecule has 1 fully saturated rings. The van der Waals surface area contributed by atoms with Crippen molar-refractivity contribution in [1.82, 2.24) is 5.32 Å². The molecule has 4 heteroatoms. The summed E-state index contributed by atoms with van der Waals surface area (Å²) >= 11 is 5.77. The monoisotopic (exact) mass is 285 g/mol. The summed E-state index contributed by atoms with van der Waals surface area (Å²) in [6, 6.07) is 5.02. The van der Waals surface area contributed by atoms with Gasteiger partial charge in [-0.3, -0.25) is 0 Å². The molecular formula is C15H21ClFNO. The fourth-order valence-corrected chi connectivity index (χ4v) is 3.18. The largest absolute Gasteiger partial charge is 0.394 e. The lowest BCUT2D eigenvalue weighted by molar-refractivity contribution is 0.0979. The zero-order chi connectivity index (χ0) is 13.9. The molecule has 2 atom stereocenters. The van der Waals surface area contributed by atoms with Gasteiger partial charge in [-0.15, -0.1) is 0 Å². The van der Waals surface area contributed by atoms with Crippen molar-refractivity contribution in [3.63, 3.8) is 0 Å². The number of hydrogen-bond acceptors (Lipinski definition) is 2. The molecule has 106 valence electrons. The highest BCUT2D eigenvalue weighted by molar-refractivity contribution is 6.30. The lowest BCUT2D eigenvalue weighted by atomic mass is 9.77. The Morgan fingerprint density at radius 3 is 3.00 bits per heavy atom. The van der Waals surface area contributed by atoms with Gasteiger partial charge in [-0.1, -0.05) is 43.5 Å². The van der Waals surface area contributed by atoms with Crippen molar-refractivity contribution in [3.8, 4) is 0 Å². The van der Waals surface area contributed by atoms with Gasteiger partial charge in [0.15, 0.2) is 0 Å². The Balaban J connectivity index is 2.05. The van der Waals surface area contributed by atoms with E-state index in [1.165, 1.54) is 6.42 Å². The molecular weight excluding hydrogens is 265 g/mol. The number of hydrogen-bond donors (Lipinski definition) is 2. The highest BCUT2D eigenvalue weighted by Crippen LogP contribution is 2.32. The van der Waals surface area contributed by atoms with Crippen LogP contribution in [0, 0.1) is 11.7 Å². The van der Waals surface area contributed by atoms with E-state index in [0.29, 0.717) is 18.0 Å². The first-order valence-corrected chi connectivity index (χ1v) is 7.23. The fraction of sp³-hybridized carbons (Fsp3) is 0.600. The fourth-order valence-electron chi connectivity index (χ4n) is 2.99. The van der Waals surface area contributed by atoms with Gasteiger partial charge in [0, 0.05) is 17.6 Å². The molecule has 1 saturated carbocycles. The second kappa shape index (κ2) is 6.21. The van der Waals surface area contributed by atoms with Crippen LogP contribution < -0.4 is 5.32 Å². The van der Waals surface area contributed by atoms with Gasteiger partial charge in [0.2, 0.25) is 0 Å². The van der Waals surface area contributed by atoms with Crippen LogP contribution in [0.2, 0.25) is 5.02 Å². The third-order valence-electron chi connectivity index (χ3n) is 4.08. The quantitative estimate of drug-likeness (QED) is 0.887. The third-order valence-corrected chi connectivity index (χ3v) is 4.37. The van der Waals surface area contributed by atoms with Gasteiger partial charge in [0.1, 0.15) is 5.82 Å². The van der Waals surface area contributed by atoms with Crippen molar-refractivity contribution < 1.29 is 9.50 Å². The van der Waals surface area contributed by atoms with Crippen molar-refractivity contribution >= 4 is 11.6 Å². The normalized spacial score (nSPS) is 27.5. The first kappa shape index (κ1) is 14.8. The molecule has 0 spiro atoms. The highest BCUT2D eigenvalue weighted by Gasteiger charge is 2.33. The zero-order valence-electron chi connectivity index (χ0n) is 11.3. The summed E-state index contributed by atoms with van der Waals surface area (Å²) in [6.07, 6.45) is 4.18. The van der Waals surface area contributed by atoms with Gasteiger partial charge < -0.3 is 10.4 Å². The number of aliphatic hydroxyl groups excluding tert-OH is 1. The lowest BCUT2D eigenvalue weighted by Gasteiger charge is -2.39. The van der Waals surface area contributed by atoms with Gasteiger partial charge in [-0.05, 0) is 24.8 Å². The Bertz CT molecular complexity index is 440. The summed E-state index contributed by atoms with van der Waals surface area (Å²) in [7, 11) is 0. The molecule has 2 nitrogen and oxygen atoms in total. The molecule has 0 saturated heterocycles. The Morgan fingerprint density at radius 1 is 1.53 bits per heavy atom. The summed E-state index contributed by atoms with van der Waals surface area (Å²) < 4.78 is 13.8. The molecule has 0 bridgehead atoms. The van der Waals surface area contributed by atoms with Crippen LogP contribution >= 0.6 is 11.6 Å². The Kier molecular flexibility index (Phi) is 4.82. The van der Waals surface area contributed by atoms with E-state index in [1.54, 1.807) is 18.2 Å². The number of benzene rings is 1. The summed E-state index contributed by atoms with van der Waals surface area (Å²) in [5.74, 6) is 0.228. The van der Waals surface area contributed by atoms with E-state index in [-0.39, 0.29) is 23.0 Å². The van der Waals surface area contributed by atoms with Gasteiger partial charge in [0.05, 0.1) is 11.6 Å². The molecule has 0 aliphatic heterocycles. The van der Waals surface area contributed by atoms with E-state index in [2.05, 4.69) is 12.2 Å². The highest BCUT2D eigenvalue weighted by atomic mass is 35.5. The maximum atomic E-state index is 13.8. The van der Waals surface area contributed by atoms with Crippen LogP contribution in [0.25, 0.3) is 0 Å². The number of nitrogens with one attached hydrogen (secondary N) is 1. The van der Waals surface area contributed by atoms with E-state index in [4.69, 9.17) is 11.6 Å². The SMILES string of the molecule is CC1CCCC(CO)(NCc2cccc(Cl)c2F)C1. The minimum Gasteiger partial charge on any atom is -0.394 e. The van der Waals surface area contributed by atoms with Crippen molar-refractivity contribution in [3.05, 3.63) is 34.6 Å². The molecule has 0 amide bonds. The average Bonchev–Trinajstić information content (AvgIpc) is 2.40. The third kappa shape index (κ3) is 3.47. The van der Waals surface area contributed by atoms with E-state index in [9.17, 15) is 9.50 Å². The standard InChI is InChI=1S/C15H21ClFNO/c1-11-4-3-7-15(8-11,10-19)18-9-12-5-2-6-13(16)14(12)17/h2,5-6,11,18-19H,3-4,7-10H2,1H3. The van der Waals surface area contributed by atoms with E-state index in [1.807, 2.05) is 0 Å². The molecule has 2 rings (SSSR count). The van der Waals surface area contributed by atoms with Crippen LogP contribution in [0.1, 0.15) is 38.2 Å². The first-order valence-electron chi connectivity index (χ1n) is 6.85. The van der Waals surface area contributed by atoms with E-state index in [0.717, 1.165) is 19.3 Å².